The number of hydrogen-bond acceptors (Lipinski definition) is 4. The lowest BCUT2D eigenvalue weighted by atomic mass is 10.1. The molecule has 2 aliphatic rings. The Morgan fingerprint density at radius 3 is 2.36 bits per heavy atom. The summed E-state index contributed by atoms with van der Waals surface area (Å²) in [5.41, 5.74) is 4.14. The molecule has 0 bridgehead atoms. The summed E-state index contributed by atoms with van der Waals surface area (Å²) in [6.07, 6.45) is 4.83. The Bertz CT molecular complexity index is 1110. The van der Waals surface area contributed by atoms with Gasteiger partial charge in [0, 0.05) is 67.7 Å². The second-order valence-electron chi connectivity index (χ2n) is 8.98. The molecule has 5 rings (SSSR count). The van der Waals surface area contributed by atoms with Crippen molar-refractivity contribution >= 4 is 34.1 Å². The summed E-state index contributed by atoms with van der Waals surface area (Å²) in [5.74, 6) is 0.129. The Balaban J connectivity index is 1.08. The molecule has 0 radical (unpaired) electrons. The van der Waals surface area contributed by atoms with E-state index in [4.69, 9.17) is 0 Å². The largest absolute Gasteiger partial charge is 0.372 e. The molecule has 172 valence electrons. The summed E-state index contributed by atoms with van der Waals surface area (Å²) >= 11 is 0. The van der Waals surface area contributed by atoms with Crippen LogP contribution < -0.4 is 10.2 Å². The quantitative estimate of drug-likeness (QED) is 0.612. The van der Waals surface area contributed by atoms with Gasteiger partial charge >= 0.3 is 0 Å². The van der Waals surface area contributed by atoms with Gasteiger partial charge in [0.2, 0.25) is 11.8 Å². The van der Waals surface area contributed by atoms with Gasteiger partial charge in [-0.15, -0.1) is 0 Å². The Hall–Kier alpha value is -3.32. The van der Waals surface area contributed by atoms with Crippen molar-refractivity contribution in [1.82, 2.24) is 14.8 Å². The number of hydrogen-bond donors (Lipinski definition) is 2. The van der Waals surface area contributed by atoms with E-state index < -0.39 is 0 Å². The molecule has 0 atom stereocenters. The number of nitrogens with zero attached hydrogens (tertiary/aromatic N) is 3. The average Bonchev–Trinajstić information content (AvgIpc) is 3.51. The van der Waals surface area contributed by atoms with Crippen molar-refractivity contribution < 1.29 is 9.59 Å². The lowest BCUT2D eigenvalue weighted by Gasteiger charge is -2.34. The third-order valence-corrected chi connectivity index (χ3v) is 6.73. The minimum atomic E-state index is -0.0116. The van der Waals surface area contributed by atoms with E-state index in [1.807, 2.05) is 47.5 Å². The number of carbonyl (C=O) groups is 2. The van der Waals surface area contributed by atoms with Crippen LogP contribution in [0, 0.1) is 0 Å². The van der Waals surface area contributed by atoms with Gasteiger partial charge in [0.1, 0.15) is 0 Å². The maximum atomic E-state index is 12.8. The maximum Gasteiger partial charge on any atom is 0.238 e. The molecule has 0 saturated carbocycles. The predicted molar refractivity (Wildman–Crippen MR) is 132 cm³/mol. The first-order valence-corrected chi connectivity index (χ1v) is 11.9. The first kappa shape index (κ1) is 21.5. The van der Waals surface area contributed by atoms with Gasteiger partial charge < -0.3 is 20.1 Å². The highest BCUT2D eigenvalue weighted by Crippen LogP contribution is 2.22. The number of carbonyl (C=O) groups excluding carboxylic acids is 2. The molecular formula is C26H31N5O2. The molecule has 0 spiro atoms. The van der Waals surface area contributed by atoms with Crippen molar-refractivity contribution in [3.8, 4) is 0 Å². The van der Waals surface area contributed by atoms with E-state index in [0.717, 1.165) is 35.2 Å². The highest BCUT2D eigenvalue weighted by Gasteiger charge is 2.23. The Morgan fingerprint density at radius 2 is 1.61 bits per heavy atom. The van der Waals surface area contributed by atoms with E-state index in [9.17, 15) is 9.59 Å². The molecule has 3 heterocycles. The summed E-state index contributed by atoms with van der Waals surface area (Å²) in [6.45, 7) is 5.29. The minimum Gasteiger partial charge on any atom is -0.372 e. The van der Waals surface area contributed by atoms with Crippen LogP contribution in [0.2, 0.25) is 0 Å². The number of para-hydroxylation sites is 1. The smallest absolute Gasteiger partial charge is 0.238 e. The van der Waals surface area contributed by atoms with Crippen LogP contribution in [0.5, 0.6) is 0 Å². The van der Waals surface area contributed by atoms with Gasteiger partial charge in [-0.3, -0.25) is 14.5 Å². The molecule has 3 aromatic rings. The van der Waals surface area contributed by atoms with E-state index >= 15 is 0 Å². The molecule has 2 saturated heterocycles. The SMILES string of the molecule is O=C(CN1CCN(C(=O)Cc2c[nH]c3ccccc23)CC1)Nc1ccc(N2CCCC2)cc1. The van der Waals surface area contributed by atoms with Crippen LogP contribution in [0.3, 0.4) is 0 Å². The second kappa shape index (κ2) is 9.67. The van der Waals surface area contributed by atoms with Crippen LogP contribution in [0.15, 0.2) is 54.7 Å². The van der Waals surface area contributed by atoms with Crippen molar-refractivity contribution in [2.75, 3.05) is 56.0 Å². The van der Waals surface area contributed by atoms with Gasteiger partial charge in [-0.05, 0) is 48.7 Å². The van der Waals surface area contributed by atoms with Crippen LogP contribution in [0.1, 0.15) is 18.4 Å². The molecule has 7 heteroatoms. The van der Waals surface area contributed by atoms with Crippen LogP contribution in [0.25, 0.3) is 10.9 Å². The number of aromatic nitrogens is 1. The van der Waals surface area contributed by atoms with Gasteiger partial charge in [-0.1, -0.05) is 18.2 Å². The number of piperazine rings is 1. The number of fused-ring (bicyclic) bond motifs is 1. The zero-order valence-electron chi connectivity index (χ0n) is 18.9. The summed E-state index contributed by atoms with van der Waals surface area (Å²) in [7, 11) is 0. The molecule has 7 nitrogen and oxygen atoms in total. The number of amides is 2. The second-order valence-corrected chi connectivity index (χ2v) is 8.98. The van der Waals surface area contributed by atoms with E-state index in [1.165, 1.54) is 18.5 Å². The number of H-pyrrole nitrogens is 1. The number of anilines is 2. The number of nitrogens with one attached hydrogen (secondary N) is 2. The first-order valence-electron chi connectivity index (χ1n) is 11.9. The zero-order chi connectivity index (χ0) is 22.6. The molecule has 0 unspecified atom stereocenters. The predicted octanol–water partition coefficient (Wildman–Crippen LogP) is 3.09. The van der Waals surface area contributed by atoms with Gasteiger partial charge in [0.05, 0.1) is 13.0 Å². The third-order valence-electron chi connectivity index (χ3n) is 6.73. The van der Waals surface area contributed by atoms with Crippen molar-refractivity contribution in [1.29, 1.82) is 0 Å². The fourth-order valence-corrected chi connectivity index (χ4v) is 4.84. The molecule has 2 aromatic carbocycles. The monoisotopic (exact) mass is 445 g/mol. The van der Waals surface area contributed by atoms with Crippen molar-refractivity contribution in [2.45, 2.75) is 19.3 Å². The topological polar surface area (TPSA) is 71.7 Å². The Kier molecular flexibility index (Phi) is 6.30. The first-order chi connectivity index (χ1) is 16.2. The van der Waals surface area contributed by atoms with E-state index in [0.29, 0.717) is 39.1 Å². The van der Waals surface area contributed by atoms with Gasteiger partial charge in [0.15, 0.2) is 0 Å². The van der Waals surface area contributed by atoms with Gasteiger partial charge in [-0.2, -0.15) is 0 Å². The fraction of sp³-hybridized carbons (Fsp3) is 0.385. The van der Waals surface area contributed by atoms with Crippen molar-refractivity contribution in [3.63, 3.8) is 0 Å². The third kappa shape index (κ3) is 5.03. The molecule has 2 amide bonds. The zero-order valence-corrected chi connectivity index (χ0v) is 18.9. The molecule has 2 fully saturated rings. The highest BCUT2D eigenvalue weighted by atomic mass is 16.2. The van der Waals surface area contributed by atoms with Gasteiger partial charge in [0.25, 0.3) is 0 Å². The lowest BCUT2D eigenvalue weighted by molar-refractivity contribution is -0.132. The average molecular weight is 446 g/mol. The summed E-state index contributed by atoms with van der Waals surface area (Å²) < 4.78 is 0. The Labute approximate surface area is 194 Å². The van der Waals surface area contributed by atoms with Crippen LogP contribution >= 0.6 is 0 Å². The van der Waals surface area contributed by atoms with E-state index in [2.05, 4.69) is 32.2 Å². The van der Waals surface area contributed by atoms with Crippen molar-refractivity contribution in [3.05, 3.63) is 60.3 Å². The number of benzene rings is 2. The van der Waals surface area contributed by atoms with Crippen LogP contribution in [0.4, 0.5) is 11.4 Å². The summed E-state index contributed by atoms with van der Waals surface area (Å²) in [5, 5.41) is 4.11. The maximum absolute atomic E-state index is 12.8. The van der Waals surface area contributed by atoms with Crippen LogP contribution in [-0.4, -0.2) is 72.4 Å². The van der Waals surface area contributed by atoms with E-state index in [1.54, 1.807) is 0 Å². The summed E-state index contributed by atoms with van der Waals surface area (Å²) in [4.78, 5) is 35.0. The molecule has 33 heavy (non-hydrogen) atoms. The fourth-order valence-electron chi connectivity index (χ4n) is 4.84. The van der Waals surface area contributed by atoms with Crippen molar-refractivity contribution in [2.24, 2.45) is 0 Å². The molecule has 0 aliphatic carbocycles. The standard InChI is InChI=1S/C26H31N5O2/c32-25(28-21-7-9-22(10-8-21)30-11-3-4-12-30)19-29-13-15-31(16-14-29)26(33)17-20-18-27-24-6-2-1-5-23(20)24/h1-2,5-10,18,27H,3-4,11-17,19H2,(H,28,32). The highest BCUT2D eigenvalue weighted by molar-refractivity contribution is 5.92. The molecule has 1 aromatic heterocycles. The Morgan fingerprint density at radius 1 is 0.879 bits per heavy atom. The summed E-state index contributed by atoms with van der Waals surface area (Å²) in [6, 6.07) is 16.2. The normalized spacial score (nSPS) is 17.0. The number of rotatable bonds is 6. The van der Waals surface area contributed by atoms with Crippen LogP contribution in [-0.2, 0) is 16.0 Å². The van der Waals surface area contributed by atoms with E-state index in [-0.39, 0.29) is 11.8 Å². The number of aromatic amines is 1. The minimum absolute atomic E-state index is 0.0116. The molecule has 2 aliphatic heterocycles. The molecular weight excluding hydrogens is 414 g/mol. The molecule has 2 N–H and O–H groups in total. The van der Waals surface area contributed by atoms with Gasteiger partial charge in [-0.25, -0.2) is 0 Å². The lowest BCUT2D eigenvalue weighted by Crippen LogP contribution is -2.50.